The van der Waals surface area contributed by atoms with Crippen molar-refractivity contribution < 1.29 is 4.79 Å². The van der Waals surface area contributed by atoms with E-state index in [9.17, 15) is 4.79 Å². The second-order valence-electron chi connectivity index (χ2n) is 4.74. The van der Waals surface area contributed by atoms with Crippen molar-refractivity contribution in [3.8, 4) is 0 Å². The van der Waals surface area contributed by atoms with Crippen molar-refractivity contribution in [2.45, 2.75) is 38.5 Å². The first-order chi connectivity index (χ1) is 8.36. The summed E-state index contributed by atoms with van der Waals surface area (Å²) in [6, 6.07) is 3.97. The maximum absolute atomic E-state index is 11.9. The Morgan fingerprint density at radius 1 is 1.35 bits per heavy atom. The predicted molar refractivity (Wildman–Crippen MR) is 67.5 cm³/mol. The van der Waals surface area contributed by atoms with Crippen molar-refractivity contribution in [2.75, 3.05) is 6.54 Å². The quantitative estimate of drug-likeness (QED) is 0.865. The van der Waals surface area contributed by atoms with E-state index >= 15 is 0 Å². The Labute approximate surface area is 103 Å². The third kappa shape index (κ3) is 3.84. The van der Waals surface area contributed by atoms with Gasteiger partial charge in [-0.2, -0.15) is 0 Å². The number of carbonyl (C=O) groups is 1. The first kappa shape index (κ1) is 12.1. The molecule has 1 aromatic heterocycles. The van der Waals surface area contributed by atoms with E-state index in [4.69, 9.17) is 0 Å². The van der Waals surface area contributed by atoms with Gasteiger partial charge in [0.1, 0.15) is 0 Å². The maximum atomic E-state index is 11.9. The fraction of sp³-hybridized carbons (Fsp3) is 0.571. The standard InChI is InChI=1S/C14H20N2O/c17-14(13-6-2-1-3-7-13)16-10-8-12-5-4-9-15-11-12/h4-5,9,11,13H,1-3,6-8,10H2,(H,16,17). The number of amides is 1. The summed E-state index contributed by atoms with van der Waals surface area (Å²) in [5.41, 5.74) is 1.18. The van der Waals surface area contributed by atoms with Crippen LogP contribution in [0.5, 0.6) is 0 Å². The number of rotatable bonds is 4. The molecule has 1 amide bonds. The monoisotopic (exact) mass is 232 g/mol. The highest BCUT2D eigenvalue weighted by atomic mass is 16.1. The van der Waals surface area contributed by atoms with Crippen molar-refractivity contribution in [1.82, 2.24) is 10.3 Å². The summed E-state index contributed by atoms with van der Waals surface area (Å²) in [6.45, 7) is 0.723. The fourth-order valence-electron chi connectivity index (χ4n) is 2.39. The number of hydrogen-bond acceptors (Lipinski definition) is 2. The van der Waals surface area contributed by atoms with Crippen molar-refractivity contribution in [3.05, 3.63) is 30.1 Å². The highest BCUT2D eigenvalue weighted by Crippen LogP contribution is 2.23. The number of nitrogens with one attached hydrogen (secondary N) is 1. The van der Waals surface area contributed by atoms with Gasteiger partial charge in [-0.05, 0) is 30.9 Å². The Balaban J connectivity index is 1.69. The number of carbonyl (C=O) groups excluding carboxylic acids is 1. The van der Waals surface area contributed by atoms with Gasteiger partial charge in [-0.3, -0.25) is 9.78 Å². The minimum absolute atomic E-state index is 0.244. The number of aromatic nitrogens is 1. The Morgan fingerprint density at radius 2 is 2.18 bits per heavy atom. The van der Waals surface area contributed by atoms with Gasteiger partial charge in [-0.1, -0.05) is 25.3 Å². The Bertz CT molecular complexity index is 344. The van der Waals surface area contributed by atoms with E-state index in [1.165, 1.54) is 24.8 Å². The molecule has 0 saturated heterocycles. The van der Waals surface area contributed by atoms with Crippen LogP contribution in [0.1, 0.15) is 37.7 Å². The molecule has 1 saturated carbocycles. The number of pyridine rings is 1. The summed E-state index contributed by atoms with van der Waals surface area (Å²) < 4.78 is 0. The van der Waals surface area contributed by atoms with Crippen molar-refractivity contribution in [3.63, 3.8) is 0 Å². The minimum atomic E-state index is 0.244. The van der Waals surface area contributed by atoms with E-state index in [1.54, 1.807) is 6.20 Å². The van der Waals surface area contributed by atoms with Crippen molar-refractivity contribution >= 4 is 5.91 Å². The molecule has 1 aliphatic carbocycles. The molecule has 92 valence electrons. The Kier molecular flexibility index (Phi) is 4.54. The molecule has 1 heterocycles. The second kappa shape index (κ2) is 6.38. The molecule has 0 atom stereocenters. The number of hydrogen-bond donors (Lipinski definition) is 1. The highest BCUT2D eigenvalue weighted by Gasteiger charge is 2.20. The highest BCUT2D eigenvalue weighted by molar-refractivity contribution is 5.78. The third-order valence-electron chi connectivity index (χ3n) is 3.41. The lowest BCUT2D eigenvalue weighted by Gasteiger charge is -2.20. The van der Waals surface area contributed by atoms with E-state index < -0.39 is 0 Å². The van der Waals surface area contributed by atoms with Gasteiger partial charge in [0.15, 0.2) is 0 Å². The van der Waals surface area contributed by atoms with Crippen LogP contribution in [0.25, 0.3) is 0 Å². The average Bonchev–Trinajstić information content (AvgIpc) is 2.41. The fourth-order valence-corrected chi connectivity index (χ4v) is 2.39. The zero-order valence-corrected chi connectivity index (χ0v) is 10.2. The van der Waals surface area contributed by atoms with E-state index in [-0.39, 0.29) is 11.8 Å². The SMILES string of the molecule is O=C(NCCc1cccnc1)C1CCCCC1. The molecular weight excluding hydrogens is 212 g/mol. The molecule has 3 nitrogen and oxygen atoms in total. The molecule has 1 aromatic rings. The lowest BCUT2D eigenvalue weighted by Crippen LogP contribution is -2.33. The molecule has 0 aliphatic heterocycles. The van der Waals surface area contributed by atoms with Crippen molar-refractivity contribution in [2.24, 2.45) is 5.92 Å². The van der Waals surface area contributed by atoms with Gasteiger partial charge in [0.05, 0.1) is 0 Å². The third-order valence-corrected chi connectivity index (χ3v) is 3.41. The molecule has 0 spiro atoms. The average molecular weight is 232 g/mol. The largest absolute Gasteiger partial charge is 0.356 e. The molecule has 1 N–H and O–H groups in total. The Hall–Kier alpha value is -1.38. The molecule has 0 unspecified atom stereocenters. The van der Waals surface area contributed by atoms with Crippen LogP contribution >= 0.6 is 0 Å². The molecule has 0 aromatic carbocycles. The zero-order valence-electron chi connectivity index (χ0n) is 10.2. The van der Waals surface area contributed by atoms with Gasteiger partial charge in [0.25, 0.3) is 0 Å². The summed E-state index contributed by atoms with van der Waals surface area (Å²) >= 11 is 0. The second-order valence-corrected chi connectivity index (χ2v) is 4.74. The van der Waals surface area contributed by atoms with Crippen LogP contribution in [0.3, 0.4) is 0 Å². The smallest absolute Gasteiger partial charge is 0.223 e. The Morgan fingerprint density at radius 3 is 2.88 bits per heavy atom. The van der Waals surface area contributed by atoms with Gasteiger partial charge in [-0.15, -0.1) is 0 Å². The van der Waals surface area contributed by atoms with E-state index in [0.717, 1.165) is 25.8 Å². The lowest BCUT2D eigenvalue weighted by molar-refractivity contribution is -0.125. The van der Waals surface area contributed by atoms with Crippen LogP contribution in [0.4, 0.5) is 0 Å². The minimum Gasteiger partial charge on any atom is -0.356 e. The summed E-state index contributed by atoms with van der Waals surface area (Å²) in [5, 5.41) is 3.03. The molecule has 2 rings (SSSR count). The molecule has 1 fully saturated rings. The van der Waals surface area contributed by atoms with Crippen LogP contribution in [-0.2, 0) is 11.2 Å². The summed E-state index contributed by atoms with van der Waals surface area (Å²) in [5.74, 6) is 0.506. The molecule has 17 heavy (non-hydrogen) atoms. The molecule has 3 heteroatoms. The van der Waals surface area contributed by atoms with Crippen LogP contribution in [0.2, 0.25) is 0 Å². The van der Waals surface area contributed by atoms with E-state index in [2.05, 4.69) is 10.3 Å². The molecule has 0 radical (unpaired) electrons. The topological polar surface area (TPSA) is 42.0 Å². The zero-order chi connectivity index (χ0) is 11.9. The van der Waals surface area contributed by atoms with Crippen LogP contribution in [0.15, 0.2) is 24.5 Å². The van der Waals surface area contributed by atoms with Crippen LogP contribution in [-0.4, -0.2) is 17.4 Å². The van der Waals surface area contributed by atoms with Crippen LogP contribution < -0.4 is 5.32 Å². The van der Waals surface area contributed by atoms with E-state index in [1.807, 2.05) is 18.3 Å². The number of nitrogens with zero attached hydrogens (tertiary/aromatic N) is 1. The molecular formula is C14H20N2O. The van der Waals surface area contributed by atoms with Gasteiger partial charge >= 0.3 is 0 Å². The van der Waals surface area contributed by atoms with Gasteiger partial charge in [0.2, 0.25) is 5.91 Å². The lowest BCUT2D eigenvalue weighted by atomic mass is 9.88. The summed E-state index contributed by atoms with van der Waals surface area (Å²) in [7, 11) is 0. The van der Waals surface area contributed by atoms with Crippen LogP contribution in [0, 0.1) is 5.92 Å². The van der Waals surface area contributed by atoms with E-state index in [0.29, 0.717) is 0 Å². The summed E-state index contributed by atoms with van der Waals surface area (Å²) in [6.07, 6.45) is 10.3. The van der Waals surface area contributed by atoms with Crippen molar-refractivity contribution in [1.29, 1.82) is 0 Å². The first-order valence-corrected chi connectivity index (χ1v) is 6.53. The van der Waals surface area contributed by atoms with Gasteiger partial charge in [0, 0.05) is 24.9 Å². The maximum Gasteiger partial charge on any atom is 0.223 e. The van der Waals surface area contributed by atoms with Gasteiger partial charge < -0.3 is 5.32 Å². The summed E-state index contributed by atoms with van der Waals surface area (Å²) in [4.78, 5) is 15.9. The molecule has 0 bridgehead atoms. The molecule has 1 aliphatic rings. The predicted octanol–water partition coefficient (Wildman–Crippen LogP) is 2.32. The first-order valence-electron chi connectivity index (χ1n) is 6.53. The normalized spacial score (nSPS) is 16.7. The van der Waals surface area contributed by atoms with Gasteiger partial charge in [-0.25, -0.2) is 0 Å².